The molecule has 4 heteroatoms. The fourth-order valence-corrected chi connectivity index (χ4v) is 0.476. The zero-order chi connectivity index (χ0) is 6.41. The lowest BCUT2D eigenvalue weighted by Crippen LogP contribution is -1.80. The maximum atomic E-state index is 9.77. The molecular weight excluding hydrogens is 127 g/mol. The molecule has 0 aliphatic carbocycles. The Kier molecular flexibility index (Phi) is 4.76. The van der Waals surface area contributed by atoms with Gasteiger partial charge in [-0.25, -0.2) is 0 Å². The van der Waals surface area contributed by atoms with Gasteiger partial charge in [-0.3, -0.25) is 0 Å². The van der Waals surface area contributed by atoms with Crippen molar-refractivity contribution in [1.29, 1.82) is 0 Å². The van der Waals surface area contributed by atoms with Gasteiger partial charge in [0.25, 0.3) is 0 Å². The van der Waals surface area contributed by atoms with Crippen molar-refractivity contribution < 1.29 is 14.0 Å². The lowest BCUT2D eigenvalue weighted by molar-refractivity contribution is 0.287. The normalized spacial score (nSPS) is 10.9. The second kappa shape index (κ2) is 4.91. The summed E-state index contributed by atoms with van der Waals surface area (Å²) >= 11 is 0. The Morgan fingerprint density at radius 1 is 1.88 bits per heavy atom. The van der Waals surface area contributed by atoms with Crippen molar-refractivity contribution in [3.63, 3.8) is 0 Å². The Balaban J connectivity index is 2.93. The third-order valence-electron chi connectivity index (χ3n) is 0.524. The van der Waals surface area contributed by atoms with Crippen LogP contribution in [0.5, 0.6) is 0 Å². The van der Waals surface area contributed by atoms with Gasteiger partial charge in [0.1, 0.15) is 6.61 Å². The summed E-state index contributed by atoms with van der Waals surface area (Å²) in [4.78, 5) is 8.03. The molecule has 1 unspecified atom stereocenters. The average Bonchev–Trinajstić information content (AvgIpc) is 1.66. The highest BCUT2D eigenvalue weighted by Gasteiger charge is 2.08. The average molecular weight is 135 g/mol. The van der Waals surface area contributed by atoms with Crippen molar-refractivity contribution in [1.82, 2.24) is 0 Å². The van der Waals surface area contributed by atoms with Crippen LogP contribution in [0.3, 0.4) is 0 Å². The summed E-state index contributed by atoms with van der Waals surface area (Å²) in [6.07, 6.45) is 2.24. The van der Waals surface area contributed by atoms with E-state index in [9.17, 15) is 4.57 Å². The quantitative estimate of drug-likeness (QED) is 0.358. The molecule has 0 spiro atoms. The Labute approximate surface area is 48.9 Å². The highest BCUT2D eigenvalue weighted by molar-refractivity contribution is 7.32. The van der Waals surface area contributed by atoms with E-state index < -0.39 is 8.25 Å². The van der Waals surface area contributed by atoms with E-state index in [0.717, 1.165) is 0 Å². The van der Waals surface area contributed by atoms with E-state index in [1.807, 2.05) is 0 Å². The van der Waals surface area contributed by atoms with Crippen molar-refractivity contribution in [2.75, 3.05) is 6.61 Å². The zero-order valence-corrected chi connectivity index (χ0v) is 5.30. The molecule has 8 heavy (non-hydrogen) atoms. The molecule has 0 aliphatic rings. The van der Waals surface area contributed by atoms with Crippen molar-refractivity contribution in [2.24, 2.45) is 0 Å². The van der Waals surface area contributed by atoms with Crippen LogP contribution >= 0.6 is 8.25 Å². The first-order valence-electron chi connectivity index (χ1n) is 2.17. The molecular formula is C4H8O3P+. The lowest BCUT2D eigenvalue weighted by Gasteiger charge is -1.79. The molecule has 0 saturated carbocycles. The van der Waals surface area contributed by atoms with Crippen LogP contribution in [-0.2, 0) is 9.09 Å². The molecule has 0 rings (SSSR count). The van der Waals surface area contributed by atoms with Gasteiger partial charge in [0.05, 0.1) is 0 Å². The van der Waals surface area contributed by atoms with Gasteiger partial charge >= 0.3 is 8.25 Å². The largest absolute Gasteiger partial charge is 0.694 e. The molecule has 0 bridgehead atoms. The minimum absolute atomic E-state index is 0.273. The Hall–Kier alpha value is -0.240. The zero-order valence-electron chi connectivity index (χ0n) is 4.41. The summed E-state index contributed by atoms with van der Waals surface area (Å²) < 4.78 is 14.0. The summed E-state index contributed by atoms with van der Waals surface area (Å²) in [5.74, 6) is 0. The van der Waals surface area contributed by atoms with Gasteiger partial charge in [-0.15, -0.1) is 16.0 Å². The van der Waals surface area contributed by atoms with Gasteiger partial charge in [-0.1, -0.05) is 6.08 Å². The summed E-state index contributed by atoms with van der Waals surface area (Å²) in [7, 11) is -2.41. The van der Waals surface area contributed by atoms with Crippen LogP contribution in [0.25, 0.3) is 0 Å². The van der Waals surface area contributed by atoms with Gasteiger partial charge in [-0.05, 0) is 6.42 Å². The molecule has 0 aromatic rings. The Morgan fingerprint density at radius 3 is 2.88 bits per heavy atom. The molecule has 0 fully saturated rings. The molecule has 1 N–H and O–H groups in total. The molecule has 0 aromatic heterocycles. The molecule has 0 amide bonds. The van der Waals surface area contributed by atoms with Crippen LogP contribution in [-0.4, -0.2) is 11.5 Å². The van der Waals surface area contributed by atoms with Crippen LogP contribution in [0.15, 0.2) is 12.7 Å². The van der Waals surface area contributed by atoms with Crippen LogP contribution in [0.4, 0.5) is 0 Å². The van der Waals surface area contributed by atoms with Crippen LogP contribution in [0.2, 0.25) is 0 Å². The summed E-state index contributed by atoms with van der Waals surface area (Å²) in [5.41, 5.74) is 0. The standard InChI is InChI=1S/C4H7O3P/c1-2-3-4-7-8(5)6/h2H,1,3-4H2/p+1. The van der Waals surface area contributed by atoms with E-state index in [-0.39, 0.29) is 6.61 Å². The molecule has 0 radical (unpaired) electrons. The lowest BCUT2D eigenvalue weighted by atomic mass is 10.5. The highest BCUT2D eigenvalue weighted by atomic mass is 31.1. The first-order chi connectivity index (χ1) is 3.77. The Bertz CT molecular complexity index is 91.3. The molecule has 0 aliphatic heterocycles. The van der Waals surface area contributed by atoms with E-state index >= 15 is 0 Å². The fraction of sp³-hybridized carbons (Fsp3) is 0.500. The SMILES string of the molecule is C=CCCO[P+](=O)O. The fourth-order valence-electron chi connectivity index (χ4n) is 0.214. The number of hydrogen-bond donors (Lipinski definition) is 1. The van der Waals surface area contributed by atoms with Gasteiger partial charge in [0.2, 0.25) is 0 Å². The maximum absolute atomic E-state index is 9.77. The third-order valence-corrected chi connectivity index (χ3v) is 0.927. The smallest absolute Gasteiger partial charge is 0.133 e. The monoisotopic (exact) mass is 135 g/mol. The predicted molar refractivity (Wildman–Crippen MR) is 30.6 cm³/mol. The molecule has 3 nitrogen and oxygen atoms in total. The highest BCUT2D eigenvalue weighted by Crippen LogP contribution is 2.13. The summed E-state index contributed by atoms with van der Waals surface area (Å²) in [6.45, 7) is 3.67. The van der Waals surface area contributed by atoms with Crippen LogP contribution in [0.1, 0.15) is 6.42 Å². The van der Waals surface area contributed by atoms with E-state index in [4.69, 9.17) is 4.89 Å². The van der Waals surface area contributed by atoms with Crippen molar-refractivity contribution >= 4 is 8.25 Å². The van der Waals surface area contributed by atoms with Gasteiger partial charge < -0.3 is 0 Å². The van der Waals surface area contributed by atoms with E-state index in [0.29, 0.717) is 6.42 Å². The Morgan fingerprint density at radius 2 is 2.50 bits per heavy atom. The first-order valence-corrected chi connectivity index (χ1v) is 3.30. The van der Waals surface area contributed by atoms with Crippen LogP contribution in [0, 0.1) is 0 Å². The van der Waals surface area contributed by atoms with Gasteiger partial charge in [0.15, 0.2) is 0 Å². The predicted octanol–water partition coefficient (Wildman–Crippen LogP) is 1.23. The minimum atomic E-state index is -2.41. The molecule has 0 heterocycles. The topological polar surface area (TPSA) is 46.5 Å². The van der Waals surface area contributed by atoms with Crippen molar-refractivity contribution in [3.8, 4) is 0 Å². The number of rotatable bonds is 4. The second-order valence-corrected chi connectivity index (χ2v) is 1.88. The van der Waals surface area contributed by atoms with Crippen LogP contribution < -0.4 is 0 Å². The third kappa shape index (κ3) is 5.76. The van der Waals surface area contributed by atoms with E-state index in [1.165, 1.54) is 0 Å². The maximum Gasteiger partial charge on any atom is 0.694 e. The second-order valence-electron chi connectivity index (χ2n) is 1.15. The minimum Gasteiger partial charge on any atom is -0.133 e. The van der Waals surface area contributed by atoms with E-state index in [1.54, 1.807) is 6.08 Å². The first kappa shape index (κ1) is 7.76. The van der Waals surface area contributed by atoms with Crippen molar-refractivity contribution in [2.45, 2.75) is 6.42 Å². The van der Waals surface area contributed by atoms with Gasteiger partial charge in [-0.2, -0.15) is 0 Å². The van der Waals surface area contributed by atoms with Gasteiger partial charge in [0, 0.05) is 4.57 Å². The number of hydrogen-bond acceptors (Lipinski definition) is 2. The molecule has 0 aromatic carbocycles. The van der Waals surface area contributed by atoms with Crippen molar-refractivity contribution in [3.05, 3.63) is 12.7 Å². The summed E-state index contributed by atoms with van der Waals surface area (Å²) in [5, 5.41) is 0. The molecule has 46 valence electrons. The molecule has 1 atom stereocenters. The molecule has 0 saturated heterocycles. The van der Waals surface area contributed by atoms with E-state index in [2.05, 4.69) is 11.1 Å². The summed E-state index contributed by atoms with van der Waals surface area (Å²) in [6, 6.07) is 0.